The predicted octanol–water partition coefficient (Wildman–Crippen LogP) is 5.14. The molecule has 0 saturated heterocycles. The lowest BCUT2D eigenvalue weighted by atomic mass is 9.91. The highest BCUT2D eigenvalue weighted by atomic mass is 35.5. The van der Waals surface area contributed by atoms with Crippen LogP contribution < -0.4 is 10.1 Å². The summed E-state index contributed by atoms with van der Waals surface area (Å²) in [5.74, 6) is 0.561. The van der Waals surface area contributed by atoms with Crippen LogP contribution in [0.15, 0.2) is 42.5 Å². The molecule has 144 valence electrons. The number of aryl methyl sites for hydroxylation is 1. The fourth-order valence-corrected chi connectivity index (χ4v) is 4.17. The van der Waals surface area contributed by atoms with Crippen LogP contribution >= 0.6 is 22.9 Å². The Balaban J connectivity index is 1.42. The van der Waals surface area contributed by atoms with E-state index in [0.717, 1.165) is 35.6 Å². The lowest BCUT2D eigenvalue weighted by Crippen LogP contribution is -2.30. The Morgan fingerprint density at radius 3 is 2.75 bits per heavy atom. The average molecular weight is 414 g/mol. The number of benzene rings is 2. The first kappa shape index (κ1) is 18.9. The van der Waals surface area contributed by atoms with Gasteiger partial charge in [0, 0.05) is 10.6 Å². The molecule has 4 rings (SSSR count). The normalized spacial score (nSPS) is 14.2. The lowest BCUT2D eigenvalue weighted by Gasteiger charge is -2.21. The number of ether oxygens (including phenoxy) is 1. The molecule has 3 aromatic rings. The Hall–Kier alpha value is -2.44. The molecule has 0 fully saturated rings. The molecule has 0 spiro atoms. The monoisotopic (exact) mass is 413 g/mol. The lowest BCUT2D eigenvalue weighted by molar-refractivity contribution is -0.122. The number of anilines is 1. The van der Waals surface area contributed by atoms with E-state index < -0.39 is 6.10 Å². The molecule has 2 aromatic carbocycles. The van der Waals surface area contributed by atoms with Crippen LogP contribution in [0.2, 0.25) is 5.02 Å². The SMILES string of the molecule is C[C@H](Oc1cccc2c1CCCC2)C(=O)Nc1nnc(-c2ccc(Cl)cc2)s1. The van der Waals surface area contributed by atoms with Crippen LogP contribution in [-0.2, 0) is 17.6 Å². The van der Waals surface area contributed by atoms with Crippen molar-refractivity contribution in [2.45, 2.75) is 38.7 Å². The minimum atomic E-state index is -0.628. The molecule has 0 radical (unpaired) electrons. The summed E-state index contributed by atoms with van der Waals surface area (Å²) in [4.78, 5) is 12.6. The number of carbonyl (C=O) groups excluding carboxylic acids is 1. The third-order valence-electron chi connectivity index (χ3n) is 4.77. The van der Waals surface area contributed by atoms with Crippen molar-refractivity contribution in [2.24, 2.45) is 0 Å². The van der Waals surface area contributed by atoms with E-state index in [2.05, 4.69) is 21.6 Å². The van der Waals surface area contributed by atoms with Crippen molar-refractivity contribution in [1.82, 2.24) is 10.2 Å². The van der Waals surface area contributed by atoms with E-state index in [1.807, 2.05) is 24.3 Å². The molecule has 1 heterocycles. The molecule has 0 aliphatic heterocycles. The second kappa shape index (κ2) is 8.29. The molecule has 0 saturated carbocycles. The van der Waals surface area contributed by atoms with Crippen LogP contribution in [0, 0.1) is 0 Å². The number of hydrogen-bond acceptors (Lipinski definition) is 5. The zero-order valence-electron chi connectivity index (χ0n) is 15.4. The molecule has 28 heavy (non-hydrogen) atoms. The first-order valence-electron chi connectivity index (χ1n) is 9.28. The molecule has 1 aliphatic rings. The quantitative estimate of drug-likeness (QED) is 0.628. The molecular formula is C21H20ClN3O2S. The number of amides is 1. The van der Waals surface area contributed by atoms with E-state index in [-0.39, 0.29) is 5.91 Å². The topological polar surface area (TPSA) is 64.1 Å². The van der Waals surface area contributed by atoms with Gasteiger partial charge in [-0.15, -0.1) is 10.2 Å². The van der Waals surface area contributed by atoms with Crippen LogP contribution in [0.4, 0.5) is 5.13 Å². The van der Waals surface area contributed by atoms with E-state index in [4.69, 9.17) is 16.3 Å². The Morgan fingerprint density at radius 1 is 1.14 bits per heavy atom. The second-order valence-corrected chi connectivity index (χ2v) is 8.18. The van der Waals surface area contributed by atoms with Gasteiger partial charge in [-0.25, -0.2) is 0 Å². The maximum absolute atomic E-state index is 12.6. The van der Waals surface area contributed by atoms with Crippen molar-refractivity contribution < 1.29 is 9.53 Å². The highest BCUT2D eigenvalue weighted by Crippen LogP contribution is 2.31. The molecule has 7 heteroatoms. The van der Waals surface area contributed by atoms with Crippen molar-refractivity contribution in [1.29, 1.82) is 0 Å². The van der Waals surface area contributed by atoms with Gasteiger partial charge in [0.05, 0.1) is 0 Å². The summed E-state index contributed by atoms with van der Waals surface area (Å²) in [7, 11) is 0. The van der Waals surface area contributed by atoms with E-state index in [1.54, 1.807) is 19.1 Å². The first-order chi connectivity index (χ1) is 13.6. The van der Waals surface area contributed by atoms with Crippen LogP contribution in [-0.4, -0.2) is 22.2 Å². The maximum atomic E-state index is 12.6. The summed E-state index contributed by atoms with van der Waals surface area (Å²) in [6.07, 6.45) is 3.81. The Morgan fingerprint density at radius 2 is 1.93 bits per heavy atom. The number of fused-ring (bicyclic) bond motifs is 1. The molecule has 0 bridgehead atoms. The second-order valence-electron chi connectivity index (χ2n) is 6.77. The minimum absolute atomic E-state index is 0.243. The van der Waals surface area contributed by atoms with Crippen LogP contribution in [0.5, 0.6) is 5.75 Å². The van der Waals surface area contributed by atoms with Gasteiger partial charge in [0.15, 0.2) is 6.10 Å². The van der Waals surface area contributed by atoms with Gasteiger partial charge in [-0.05, 0) is 61.9 Å². The zero-order chi connectivity index (χ0) is 19.5. The summed E-state index contributed by atoms with van der Waals surface area (Å²) >= 11 is 7.23. The van der Waals surface area contributed by atoms with Gasteiger partial charge < -0.3 is 4.74 Å². The van der Waals surface area contributed by atoms with Gasteiger partial charge >= 0.3 is 0 Å². The summed E-state index contributed by atoms with van der Waals surface area (Å²) in [6.45, 7) is 1.75. The third kappa shape index (κ3) is 4.18. The van der Waals surface area contributed by atoms with Gasteiger partial charge in [-0.3, -0.25) is 10.1 Å². The van der Waals surface area contributed by atoms with Gasteiger partial charge in [0.25, 0.3) is 5.91 Å². The number of halogens is 1. The first-order valence-corrected chi connectivity index (χ1v) is 10.5. The Labute approximate surface area is 172 Å². The van der Waals surface area contributed by atoms with Crippen molar-refractivity contribution in [3.05, 3.63) is 58.6 Å². The molecule has 0 unspecified atom stereocenters. The van der Waals surface area contributed by atoms with Gasteiger partial charge in [0.2, 0.25) is 5.13 Å². The van der Waals surface area contributed by atoms with Crippen molar-refractivity contribution >= 4 is 34.0 Å². The van der Waals surface area contributed by atoms with E-state index in [9.17, 15) is 4.79 Å². The smallest absolute Gasteiger partial charge is 0.266 e. The van der Waals surface area contributed by atoms with E-state index in [1.165, 1.54) is 28.9 Å². The zero-order valence-corrected chi connectivity index (χ0v) is 17.0. The maximum Gasteiger partial charge on any atom is 0.266 e. The molecule has 1 aromatic heterocycles. The van der Waals surface area contributed by atoms with Crippen LogP contribution in [0.1, 0.15) is 30.9 Å². The van der Waals surface area contributed by atoms with E-state index in [0.29, 0.717) is 10.2 Å². The van der Waals surface area contributed by atoms with Gasteiger partial charge in [-0.1, -0.05) is 47.2 Å². The molecule has 5 nitrogen and oxygen atoms in total. The number of nitrogens with one attached hydrogen (secondary N) is 1. The average Bonchev–Trinajstić information content (AvgIpc) is 3.17. The highest BCUT2D eigenvalue weighted by Gasteiger charge is 2.20. The number of carbonyl (C=O) groups is 1. The van der Waals surface area contributed by atoms with Crippen LogP contribution in [0.3, 0.4) is 0 Å². The van der Waals surface area contributed by atoms with E-state index >= 15 is 0 Å². The minimum Gasteiger partial charge on any atom is -0.481 e. The van der Waals surface area contributed by atoms with Crippen molar-refractivity contribution in [2.75, 3.05) is 5.32 Å². The summed E-state index contributed by atoms with van der Waals surface area (Å²) in [5.41, 5.74) is 3.46. The van der Waals surface area contributed by atoms with Crippen LogP contribution in [0.25, 0.3) is 10.6 Å². The largest absolute Gasteiger partial charge is 0.481 e. The number of nitrogens with zero attached hydrogens (tertiary/aromatic N) is 2. The summed E-state index contributed by atoms with van der Waals surface area (Å²) in [5, 5.41) is 12.8. The summed E-state index contributed by atoms with van der Waals surface area (Å²) < 4.78 is 5.98. The molecule has 1 amide bonds. The van der Waals surface area contributed by atoms with Crippen molar-refractivity contribution in [3.8, 4) is 16.3 Å². The standard InChI is InChI=1S/C21H20ClN3O2S/c1-13(27-18-8-4-6-14-5-2-3-7-17(14)18)19(26)23-21-25-24-20(28-21)15-9-11-16(22)12-10-15/h4,6,8-13H,2-3,5,7H2,1H3,(H,23,25,26)/t13-/m0/s1. The molecule has 1 aliphatic carbocycles. The Kier molecular flexibility index (Phi) is 5.59. The number of rotatable bonds is 5. The fraction of sp³-hybridized carbons (Fsp3) is 0.286. The fourth-order valence-electron chi connectivity index (χ4n) is 3.29. The molecule has 1 N–H and O–H groups in total. The molecular weight excluding hydrogens is 394 g/mol. The predicted molar refractivity (Wildman–Crippen MR) is 112 cm³/mol. The third-order valence-corrected chi connectivity index (χ3v) is 5.91. The van der Waals surface area contributed by atoms with Crippen molar-refractivity contribution in [3.63, 3.8) is 0 Å². The summed E-state index contributed by atoms with van der Waals surface area (Å²) in [6, 6.07) is 13.4. The molecule has 1 atom stereocenters. The number of aromatic nitrogens is 2. The Bertz CT molecular complexity index is 988. The van der Waals surface area contributed by atoms with Gasteiger partial charge in [0.1, 0.15) is 10.8 Å². The van der Waals surface area contributed by atoms with Gasteiger partial charge in [-0.2, -0.15) is 0 Å². The number of hydrogen-bond donors (Lipinski definition) is 1. The highest BCUT2D eigenvalue weighted by molar-refractivity contribution is 7.18.